The second-order valence-corrected chi connectivity index (χ2v) is 10.4. The van der Waals surface area contributed by atoms with E-state index in [4.69, 9.17) is 0 Å². The number of hydrogen-bond acceptors (Lipinski definition) is 8. The van der Waals surface area contributed by atoms with Gasteiger partial charge in [0.1, 0.15) is 22.5 Å². The van der Waals surface area contributed by atoms with Crippen molar-refractivity contribution in [2.45, 2.75) is 23.9 Å². The molecule has 2 amide bonds. The third kappa shape index (κ3) is 5.60. The van der Waals surface area contributed by atoms with Gasteiger partial charge in [-0.15, -0.1) is 0 Å². The Morgan fingerprint density at radius 3 is 1.14 bits per heavy atom. The zero-order chi connectivity index (χ0) is 30.2. The predicted molar refractivity (Wildman–Crippen MR) is 171 cm³/mol. The first-order chi connectivity index (χ1) is 21.6. The Bertz CT molecular complexity index is 1530. The Hall–Kier alpha value is -5.90. The van der Waals surface area contributed by atoms with E-state index in [1.54, 1.807) is 0 Å². The Balaban J connectivity index is 1.04. The summed E-state index contributed by atoms with van der Waals surface area (Å²) in [6.07, 6.45) is 3.23. The lowest BCUT2D eigenvalue weighted by atomic mass is 9.80. The Morgan fingerprint density at radius 1 is 0.545 bits per heavy atom. The molecule has 6 rings (SSSR count). The molecular weight excluding hydrogens is 552 g/mol. The third-order valence-electron chi connectivity index (χ3n) is 7.77. The van der Waals surface area contributed by atoms with Gasteiger partial charge in [0.15, 0.2) is 0 Å². The van der Waals surface area contributed by atoms with Crippen LogP contribution in [-0.2, 0) is 20.7 Å². The Labute approximate surface area is 254 Å². The van der Waals surface area contributed by atoms with E-state index in [-0.39, 0.29) is 0 Å². The van der Waals surface area contributed by atoms with Crippen molar-refractivity contribution in [2.24, 2.45) is 20.4 Å². The predicted octanol–water partition coefficient (Wildman–Crippen LogP) is 3.78. The highest BCUT2D eigenvalue weighted by molar-refractivity contribution is 6.40. The van der Waals surface area contributed by atoms with E-state index in [1.807, 2.05) is 121 Å². The van der Waals surface area contributed by atoms with Crippen LogP contribution in [0, 0.1) is 0 Å². The van der Waals surface area contributed by atoms with E-state index >= 15 is 0 Å². The van der Waals surface area contributed by atoms with Gasteiger partial charge in [-0.25, -0.2) is 10.9 Å². The molecule has 0 saturated carbocycles. The number of nitrogens with one attached hydrogen (secondary N) is 4. The first-order valence-electron chi connectivity index (χ1n) is 14.2. The molecule has 0 saturated heterocycles. The summed E-state index contributed by atoms with van der Waals surface area (Å²) in [6.45, 7) is 0. The third-order valence-corrected chi connectivity index (χ3v) is 7.77. The second-order valence-electron chi connectivity index (χ2n) is 10.4. The van der Waals surface area contributed by atoms with Crippen LogP contribution in [0.3, 0.4) is 0 Å². The molecule has 10 nitrogen and oxygen atoms in total. The lowest BCUT2D eigenvalue weighted by Crippen LogP contribution is -2.38. The summed E-state index contributed by atoms with van der Waals surface area (Å²) in [5.74, 6) is -0.881. The van der Waals surface area contributed by atoms with Gasteiger partial charge in [-0.1, -0.05) is 121 Å². The van der Waals surface area contributed by atoms with Crippen molar-refractivity contribution < 1.29 is 9.59 Å². The van der Waals surface area contributed by atoms with Gasteiger partial charge >= 0.3 is 0 Å². The molecule has 4 N–H and O–H groups in total. The van der Waals surface area contributed by atoms with Crippen molar-refractivity contribution in [1.82, 2.24) is 21.7 Å². The molecule has 44 heavy (non-hydrogen) atoms. The molecule has 0 radical (unpaired) electrons. The van der Waals surface area contributed by atoms with Crippen LogP contribution in [0.25, 0.3) is 0 Å². The molecular formula is C34H30N8O2. The first-order valence-corrected chi connectivity index (χ1v) is 14.2. The number of carbonyl (C=O) groups is 2. The summed E-state index contributed by atoms with van der Waals surface area (Å²) in [4.78, 5) is 25.7. The van der Waals surface area contributed by atoms with Crippen LogP contribution in [0.5, 0.6) is 0 Å². The molecule has 10 heteroatoms. The highest BCUT2D eigenvalue weighted by Gasteiger charge is 2.42. The standard InChI is InChI=1S/C34H30N8O2/c43-31(29-23-33(41-37-29,25-13-5-1-6-14-25)26-15-7-2-8-16-26)39-35-21-22-36-40-32(44)30-24-34(42-38-30,27-17-9-3-10-18-27)28-19-11-4-12-20-28/h1-22,41-42H,23-24H2,(H,39,43)(H,40,44)/b35-21-,36-22-. The number of hydrogen-bond donors (Lipinski definition) is 4. The van der Waals surface area contributed by atoms with Gasteiger partial charge in [-0.3, -0.25) is 20.4 Å². The van der Waals surface area contributed by atoms with Crippen LogP contribution in [0.4, 0.5) is 0 Å². The fourth-order valence-electron chi connectivity index (χ4n) is 5.53. The van der Waals surface area contributed by atoms with Crippen molar-refractivity contribution in [3.63, 3.8) is 0 Å². The SMILES string of the molecule is O=C(N/N=C\C=N/NC(=O)C1=NNC(c2ccccc2)(c2ccccc2)C1)C1=NNC(c2ccccc2)(c2ccccc2)C1. The number of nitrogens with zero attached hydrogens (tertiary/aromatic N) is 4. The van der Waals surface area contributed by atoms with Crippen molar-refractivity contribution >= 4 is 35.7 Å². The van der Waals surface area contributed by atoms with Gasteiger partial charge in [0.25, 0.3) is 11.8 Å². The minimum atomic E-state index is -0.666. The number of carbonyl (C=O) groups excluding carboxylic acids is 2. The van der Waals surface area contributed by atoms with E-state index < -0.39 is 22.9 Å². The molecule has 2 heterocycles. The van der Waals surface area contributed by atoms with E-state index in [0.29, 0.717) is 24.3 Å². The minimum absolute atomic E-state index is 0.312. The smallest absolute Gasteiger partial charge is 0.287 e. The summed E-state index contributed by atoms with van der Waals surface area (Å²) >= 11 is 0. The van der Waals surface area contributed by atoms with Crippen molar-refractivity contribution in [1.29, 1.82) is 0 Å². The summed E-state index contributed by atoms with van der Waals surface area (Å²) < 4.78 is 0. The molecule has 0 bridgehead atoms. The Kier molecular flexibility index (Phi) is 8.04. The van der Waals surface area contributed by atoms with Crippen LogP contribution < -0.4 is 21.7 Å². The number of rotatable bonds is 9. The molecule has 0 aliphatic carbocycles. The molecule has 2 aliphatic rings. The summed E-state index contributed by atoms with van der Waals surface area (Å²) in [5.41, 5.74) is 14.6. The van der Waals surface area contributed by atoms with Crippen LogP contribution >= 0.6 is 0 Å². The van der Waals surface area contributed by atoms with Crippen molar-refractivity contribution in [3.8, 4) is 0 Å². The highest BCUT2D eigenvalue weighted by Crippen LogP contribution is 2.37. The summed E-state index contributed by atoms with van der Waals surface area (Å²) in [5, 5.41) is 16.6. The Morgan fingerprint density at radius 2 is 0.841 bits per heavy atom. The number of amides is 2. The van der Waals surface area contributed by atoms with Gasteiger partial charge in [0, 0.05) is 12.8 Å². The van der Waals surface area contributed by atoms with Crippen LogP contribution in [0.1, 0.15) is 35.1 Å². The molecule has 2 aliphatic heterocycles. The molecule has 0 atom stereocenters. The summed E-state index contributed by atoms with van der Waals surface area (Å²) in [6, 6.07) is 39.5. The summed E-state index contributed by atoms with van der Waals surface area (Å²) in [7, 11) is 0. The molecule has 4 aromatic rings. The monoisotopic (exact) mass is 582 g/mol. The normalized spacial score (nSPS) is 16.5. The lowest BCUT2D eigenvalue weighted by Gasteiger charge is -2.30. The van der Waals surface area contributed by atoms with Crippen LogP contribution in [-0.4, -0.2) is 35.7 Å². The first kappa shape index (κ1) is 28.2. The second kappa shape index (κ2) is 12.5. The van der Waals surface area contributed by atoms with Crippen molar-refractivity contribution in [3.05, 3.63) is 144 Å². The van der Waals surface area contributed by atoms with Crippen molar-refractivity contribution in [2.75, 3.05) is 0 Å². The minimum Gasteiger partial charge on any atom is -0.294 e. The highest BCUT2D eigenvalue weighted by atomic mass is 16.2. The molecule has 0 fully saturated rings. The van der Waals surface area contributed by atoms with Gasteiger partial charge in [0.05, 0.1) is 12.4 Å². The molecule has 218 valence electrons. The molecule has 0 unspecified atom stereocenters. The fourth-order valence-corrected chi connectivity index (χ4v) is 5.53. The van der Waals surface area contributed by atoms with E-state index in [2.05, 4.69) is 42.1 Å². The number of benzene rings is 4. The van der Waals surface area contributed by atoms with Gasteiger partial charge in [-0.05, 0) is 22.3 Å². The quantitative estimate of drug-likeness (QED) is 0.177. The maximum absolute atomic E-state index is 12.9. The zero-order valence-corrected chi connectivity index (χ0v) is 23.7. The van der Waals surface area contributed by atoms with E-state index in [9.17, 15) is 9.59 Å². The van der Waals surface area contributed by atoms with Gasteiger partial charge in [0.2, 0.25) is 0 Å². The molecule has 0 aromatic heterocycles. The van der Waals surface area contributed by atoms with Crippen LogP contribution in [0.2, 0.25) is 0 Å². The van der Waals surface area contributed by atoms with Crippen LogP contribution in [0.15, 0.2) is 142 Å². The maximum Gasteiger partial charge on any atom is 0.287 e. The van der Waals surface area contributed by atoms with Gasteiger partial charge < -0.3 is 0 Å². The lowest BCUT2D eigenvalue weighted by molar-refractivity contribution is -0.115. The van der Waals surface area contributed by atoms with Gasteiger partial charge in [-0.2, -0.15) is 20.4 Å². The molecule has 0 spiro atoms. The average molecular weight is 583 g/mol. The number of hydrazone groups is 4. The topological polar surface area (TPSA) is 132 Å². The average Bonchev–Trinajstić information content (AvgIpc) is 3.76. The van der Waals surface area contributed by atoms with E-state index in [1.165, 1.54) is 12.4 Å². The maximum atomic E-state index is 12.9. The fraction of sp³-hybridized carbons (Fsp3) is 0.118. The zero-order valence-electron chi connectivity index (χ0n) is 23.7. The largest absolute Gasteiger partial charge is 0.294 e. The van der Waals surface area contributed by atoms with E-state index in [0.717, 1.165) is 22.3 Å². The molecule has 4 aromatic carbocycles.